The van der Waals surface area contributed by atoms with Gasteiger partial charge in [-0.1, -0.05) is 6.07 Å². The number of aromatic hydroxyl groups is 1. The van der Waals surface area contributed by atoms with Crippen molar-refractivity contribution < 1.29 is 14.7 Å². The molecule has 20 heavy (non-hydrogen) atoms. The summed E-state index contributed by atoms with van der Waals surface area (Å²) in [5.41, 5.74) is 1.11. The number of nitrogens with zero attached hydrogens (tertiary/aromatic N) is 1. The molecule has 5 nitrogen and oxygen atoms in total. The highest BCUT2D eigenvalue weighted by Crippen LogP contribution is 2.30. The zero-order valence-electron chi connectivity index (χ0n) is 11.4. The number of hydrogen-bond acceptors (Lipinski definition) is 3. The summed E-state index contributed by atoms with van der Waals surface area (Å²) < 4.78 is 0. The van der Waals surface area contributed by atoms with E-state index in [2.05, 4.69) is 5.32 Å². The van der Waals surface area contributed by atoms with Crippen molar-refractivity contribution in [2.75, 3.05) is 13.1 Å². The van der Waals surface area contributed by atoms with Gasteiger partial charge in [-0.3, -0.25) is 9.59 Å². The maximum absolute atomic E-state index is 12.7. The predicted molar refractivity (Wildman–Crippen MR) is 73.4 cm³/mol. The first-order valence-corrected chi connectivity index (χ1v) is 6.97. The van der Waals surface area contributed by atoms with E-state index in [-0.39, 0.29) is 29.5 Å². The summed E-state index contributed by atoms with van der Waals surface area (Å²) in [6.07, 6.45) is 1.69. The van der Waals surface area contributed by atoms with Crippen LogP contribution in [0.25, 0.3) is 0 Å². The molecule has 1 aromatic carbocycles. The maximum atomic E-state index is 12.7. The highest BCUT2D eigenvalue weighted by atomic mass is 16.3. The van der Waals surface area contributed by atoms with Gasteiger partial charge in [0.25, 0.3) is 5.91 Å². The average molecular weight is 274 g/mol. The summed E-state index contributed by atoms with van der Waals surface area (Å²) >= 11 is 0. The van der Waals surface area contributed by atoms with Crippen LogP contribution >= 0.6 is 0 Å². The van der Waals surface area contributed by atoms with Gasteiger partial charge in [0.1, 0.15) is 5.75 Å². The number of phenols is 1. The topological polar surface area (TPSA) is 69.6 Å². The number of fused-ring (bicyclic) bond motifs is 1. The Bertz CT molecular complexity index is 570. The van der Waals surface area contributed by atoms with E-state index in [9.17, 15) is 14.7 Å². The minimum Gasteiger partial charge on any atom is -0.508 e. The van der Waals surface area contributed by atoms with E-state index in [1.54, 1.807) is 30.0 Å². The lowest BCUT2D eigenvalue weighted by molar-refractivity contribution is -0.123. The number of rotatable bonds is 1. The lowest BCUT2D eigenvalue weighted by Gasteiger charge is -2.36. The van der Waals surface area contributed by atoms with Gasteiger partial charge in [-0.05, 0) is 31.9 Å². The normalized spacial score (nSPS) is 25.2. The van der Waals surface area contributed by atoms with Crippen molar-refractivity contribution >= 4 is 11.8 Å². The van der Waals surface area contributed by atoms with E-state index >= 15 is 0 Å². The Kier molecular flexibility index (Phi) is 3.12. The molecular formula is C15H18N2O3. The molecule has 2 heterocycles. The van der Waals surface area contributed by atoms with Crippen molar-refractivity contribution in [2.45, 2.75) is 25.8 Å². The molecule has 2 fully saturated rings. The highest BCUT2D eigenvalue weighted by Gasteiger charge is 2.42. The van der Waals surface area contributed by atoms with E-state index in [0.29, 0.717) is 24.2 Å². The van der Waals surface area contributed by atoms with Crippen molar-refractivity contribution in [3.8, 4) is 5.75 Å². The first-order chi connectivity index (χ1) is 9.59. The van der Waals surface area contributed by atoms with Crippen LogP contribution in [0, 0.1) is 12.8 Å². The van der Waals surface area contributed by atoms with Crippen LogP contribution in [-0.2, 0) is 4.79 Å². The molecule has 2 aliphatic heterocycles. The summed E-state index contributed by atoms with van der Waals surface area (Å²) in [4.78, 5) is 26.2. The van der Waals surface area contributed by atoms with E-state index in [1.807, 2.05) is 0 Å². The lowest BCUT2D eigenvalue weighted by Crippen LogP contribution is -2.48. The van der Waals surface area contributed by atoms with Crippen LogP contribution in [0.5, 0.6) is 5.75 Å². The van der Waals surface area contributed by atoms with Gasteiger partial charge in [-0.15, -0.1) is 0 Å². The summed E-state index contributed by atoms with van der Waals surface area (Å²) in [7, 11) is 0. The molecule has 2 atom stereocenters. The van der Waals surface area contributed by atoms with Crippen LogP contribution in [-0.4, -0.2) is 41.0 Å². The molecule has 1 aromatic rings. The number of carbonyl (C=O) groups is 2. The molecule has 2 amide bonds. The van der Waals surface area contributed by atoms with Gasteiger partial charge in [0, 0.05) is 24.2 Å². The molecular weight excluding hydrogens is 256 g/mol. The lowest BCUT2D eigenvalue weighted by atomic mass is 9.90. The number of hydrogen-bond donors (Lipinski definition) is 2. The van der Waals surface area contributed by atoms with Gasteiger partial charge in [-0.25, -0.2) is 0 Å². The second kappa shape index (κ2) is 4.81. The predicted octanol–water partition coefficient (Wildman–Crippen LogP) is 1.05. The van der Waals surface area contributed by atoms with Gasteiger partial charge in [0.2, 0.25) is 5.91 Å². The monoisotopic (exact) mass is 274 g/mol. The van der Waals surface area contributed by atoms with Crippen LogP contribution in [0.2, 0.25) is 0 Å². The molecule has 5 heteroatoms. The quantitative estimate of drug-likeness (QED) is 0.804. The minimum absolute atomic E-state index is 0.0505. The van der Waals surface area contributed by atoms with Crippen LogP contribution in [0.4, 0.5) is 0 Å². The number of piperidine rings is 1. The third kappa shape index (κ3) is 1.94. The van der Waals surface area contributed by atoms with Crippen molar-refractivity contribution in [3.05, 3.63) is 29.3 Å². The highest BCUT2D eigenvalue weighted by molar-refractivity contribution is 5.97. The average Bonchev–Trinajstić information content (AvgIpc) is 2.83. The zero-order chi connectivity index (χ0) is 14.3. The molecule has 2 saturated heterocycles. The fraction of sp³-hybridized carbons (Fsp3) is 0.467. The Labute approximate surface area is 117 Å². The van der Waals surface area contributed by atoms with Gasteiger partial charge >= 0.3 is 0 Å². The summed E-state index contributed by atoms with van der Waals surface area (Å²) in [5.74, 6) is 0.0140. The van der Waals surface area contributed by atoms with E-state index < -0.39 is 0 Å². The summed E-state index contributed by atoms with van der Waals surface area (Å²) in [6.45, 7) is 2.94. The summed E-state index contributed by atoms with van der Waals surface area (Å²) in [5, 5.41) is 12.6. The number of carbonyl (C=O) groups excluding carboxylic acids is 2. The number of benzene rings is 1. The molecule has 0 saturated carbocycles. The number of amides is 2. The van der Waals surface area contributed by atoms with Crippen LogP contribution in [0.15, 0.2) is 18.2 Å². The van der Waals surface area contributed by atoms with Crippen LogP contribution in [0.1, 0.15) is 28.8 Å². The maximum Gasteiger partial charge on any atom is 0.254 e. The minimum atomic E-state index is -0.0930. The van der Waals surface area contributed by atoms with E-state index in [1.165, 1.54) is 0 Å². The van der Waals surface area contributed by atoms with Gasteiger partial charge in [0.15, 0.2) is 0 Å². The van der Waals surface area contributed by atoms with Gasteiger partial charge in [0.05, 0.1) is 12.0 Å². The molecule has 106 valence electrons. The SMILES string of the molecule is Cc1c(O)cccc1C(=O)N1CCCC2C(=O)NCC21. The molecule has 0 radical (unpaired) electrons. The first-order valence-electron chi connectivity index (χ1n) is 6.97. The Morgan fingerprint density at radius 1 is 1.45 bits per heavy atom. The van der Waals surface area contributed by atoms with Crippen molar-refractivity contribution in [2.24, 2.45) is 5.92 Å². The zero-order valence-corrected chi connectivity index (χ0v) is 11.4. The third-order valence-electron chi connectivity index (χ3n) is 4.40. The second-order valence-corrected chi connectivity index (χ2v) is 5.51. The Balaban J connectivity index is 1.90. The second-order valence-electron chi connectivity index (χ2n) is 5.51. The molecule has 0 aromatic heterocycles. The summed E-state index contributed by atoms with van der Waals surface area (Å²) in [6, 6.07) is 4.93. The molecule has 0 bridgehead atoms. The number of likely N-dealkylation sites (tertiary alicyclic amines) is 1. The third-order valence-corrected chi connectivity index (χ3v) is 4.40. The number of nitrogens with one attached hydrogen (secondary N) is 1. The molecule has 3 rings (SSSR count). The number of phenolic OH excluding ortho intramolecular Hbond substituents is 1. The van der Waals surface area contributed by atoms with Gasteiger partial charge < -0.3 is 15.3 Å². The Morgan fingerprint density at radius 3 is 3.05 bits per heavy atom. The molecule has 0 aliphatic carbocycles. The largest absolute Gasteiger partial charge is 0.508 e. The van der Waals surface area contributed by atoms with Crippen molar-refractivity contribution in [1.29, 1.82) is 0 Å². The van der Waals surface area contributed by atoms with E-state index in [0.717, 1.165) is 12.8 Å². The first kappa shape index (κ1) is 13.0. The van der Waals surface area contributed by atoms with Gasteiger partial charge in [-0.2, -0.15) is 0 Å². The fourth-order valence-corrected chi connectivity index (χ4v) is 3.21. The molecule has 2 N–H and O–H groups in total. The smallest absolute Gasteiger partial charge is 0.254 e. The standard InChI is InChI=1S/C15H18N2O3/c1-9-10(4-2-6-13(9)18)15(20)17-7-3-5-11-12(17)8-16-14(11)19/h2,4,6,11-12,18H,3,5,7-8H2,1H3,(H,16,19). The molecule has 2 unspecified atom stereocenters. The Hall–Kier alpha value is -2.04. The van der Waals surface area contributed by atoms with Crippen LogP contribution < -0.4 is 5.32 Å². The van der Waals surface area contributed by atoms with Crippen LogP contribution in [0.3, 0.4) is 0 Å². The Morgan fingerprint density at radius 2 is 2.25 bits per heavy atom. The molecule has 0 spiro atoms. The van der Waals surface area contributed by atoms with Crippen molar-refractivity contribution in [3.63, 3.8) is 0 Å². The molecule has 2 aliphatic rings. The van der Waals surface area contributed by atoms with E-state index in [4.69, 9.17) is 0 Å². The van der Waals surface area contributed by atoms with Crippen molar-refractivity contribution in [1.82, 2.24) is 10.2 Å². The fourth-order valence-electron chi connectivity index (χ4n) is 3.21.